The van der Waals surface area contributed by atoms with Crippen LogP contribution < -0.4 is 4.74 Å². The van der Waals surface area contributed by atoms with Gasteiger partial charge in [-0.15, -0.1) is 0 Å². The third-order valence-corrected chi connectivity index (χ3v) is 3.58. The summed E-state index contributed by atoms with van der Waals surface area (Å²) >= 11 is 0.668. The van der Waals surface area contributed by atoms with Gasteiger partial charge in [0.25, 0.3) is 11.1 Å². The van der Waals surface area contributed by atoms with E-state index in [2.05, 4.69) is 0 Å². The van der Waals surface area contributed by atoms with Gasteiger partial charge in [0.1, 0.15) is 6.54 Å². The molecule has 21 heavy (non-hydrogen) atoms. The molecule has 110 valence electrons. The van der Waals surface area contributed by atoms with Crippen LogP contribution in [0.3, 0.4) is 0 Å². The first-order valence-electron chi connectivity index (χ1n) is 5.76. The highest BCUT2D eigenvalue weighted by Crippen LogP contribution is 2.33. The maximum atomic E-state index is 11.9. The lowest BCUT2D eigenvalue weighted by Gasteiger charge is -2.07. The summed E-state index contributed by atoms with van der Waals surface area (Å²) in [5.41, 5.74) is 0.547. The van der Waals surface area contributed by atoms with Crippen LogP contribution in [0, 0.1) is 0 Å². The third-order valence-electron chi connectivity index (χ3n) is 2.67. The Bertz CT molecular complexity index is 654. The number of carboxylic acid groups (broad SMARTS) is 1. The lowest BCUT2D eigenvalue weighted by molar-refractivity contribution is -0.140. The fourth-order valence-corrected chi connectivity index (χ4v) is 2.55. The van der Waals surface area contributed by atoms with E-state index < -0.39 is 23.7 Å². The molecule has 0 saturated carbocycles. The molecule has 8 heteroatoms. The summed E-state index contributed by atoms with van der Waals surface area (Å²) in [5, 5.41) is 17.5. The lowest BCUT2D eigenvalue weighted by Crippen LogP contribution is -2.33. The van der Waals surface area contributed by atoms with Crippen molar-refractivity contribution in [1.29, 1.82) is 0 Å². The van der Waals surface area contributed by atoms with Crippen molar-refractivity contribution in [3.8, 4) is 11.5 Å². The van der Waals surface area contributed by atoms with E-state index in [-0.39, 0.29) is 16.4 Å². The molecular weight excluding hydrogens is 298 g/mol. The number of ether oxygens (including phenoxy) is 1. The number of imide groups is 1. The number of aliphatic carboxylic acids is 1. The van der Waals surface area contributed by atoms with E-state index in [1.165, 1.54) is 25.3 Å². The standard InChI is InChI=1S/C13H11NO6S/c1-20-9-4-7(2-3-8(9)15)5-10-12(18)14(6-11(16)17)13(19)21-10/h2-5,15H,6H2,1H3,(H,16,17)/b10-5+. The highest BCUT2D eigenvalue weighted by molar-refractivity contribution is 8.18. The van der Waals surface area contributed by atoms with E-state index in [0.717, 1.165) is 0 Å². The minimum atomic E-state index is -1.26. The molecule has 1 saturated heterocycles. The summed E-state index contributed by atoms with van der Waals surface area (Å²) in [5.74, 6) is -1.73. The van der Waals surface area contributed by atoms with Gasteiger partial charge in [0.15, 0.2) is 11.5 Å². The number of nitrogens with zero attached hydrogens (tertiary/aromatic N) is 1. The fourth-order valence-electron chi connectivity index (χ4n) is 1.71. The zero-order chi connectivity index (χ0) is 15.6. The Morgan fingerprint density at radius 2 is 2.14 bits per heavy atom. The second kappa shape index (κ2) is 5.88. The molecule has 2 amide bonds. The predicted molar refractivity (Wildman–Crippen MR) is 75.0 cm³/mol. The third kappa shape index (κ3) is 3.16. The minimum absolute atomic E-state index is 0.0476. The number of benzene rings is 1. The maximum absolute atomic E-state index is 11.9. The van der Waals surface area contributed by atoms with E-state index in [1.807, 2.05) is 0 Å². The van der Waals surface area contributed by atoms with Gasteiger partial charge in [-0.3, -0.25) is 19.3 Å². The summed E-state index contributed by atoms with van der Waals surface area (Å²) in [6, 6.07) is 4.44. The van der Waals surface area contributed by atoms with Crippen molar-refractivity contribution < 1.29 is 29.3 Å². The molecule has 1 fully saturated rings. The number of carboxylic acids is 1. The number of rotatable bonds is 4. The molecule has 1 aliphatic heterocycles. The molecule has 0 spiro atoms. The number of hydrogen-bond acceptors (Lipinski definition) is 6. The number of thioether (sulfide) groups is 1. The van der Waals surface area contributed by atoms with Gasteiger partial charge in [-0.2, -0.15) is 0 Å². The lowest BCUT2D eigenvalue weighted by atomic mass is 10.2. The van der Waals surface area contributed by atoms with Crippen molar-refractivity contribution in [3.63, 3.8) is 0 Å². The maximum Gasteiger partial charge on any atom is 0.323 e. The first-order chi connectivity index (χ1) is 9.92. The van der Waals surface area contributed by atoms with Crippen molar-refractivity contribution in [2.45, 2.75) is 0 Å². The second-order valence-electron chi connectivity index (χ2n) is 4.09. The molecule has 1 heterocycles. The van der Waals surface area contributed by atoms with Crippen molar-refractivity contribution in [1.82, 2.24) is 4.90 Å². The van der Waals surface area contributed by atoms with Crippen molar-refractivity contribution >= 4 is 35.0 Å². The van der Waals surface area contributed by atoms with E-state index in [1.54, 1.807) is 6.07 Å². The Kier molecular flexibility index (Phi) is 4.18. The fraction of sp³-hybridized carbons (Fsp3) is 0.154. The Morgan fingerprint density at radius 1 is 1.43 bits per heavy atom. The predicted octanol–water partition coefficient (Wildman–Crippen LogP) is 1.52. The van der Waals surface area contributed by atoms with Crippen LogP contribution in [0.1, 0.15) is 5.56 Å². The molecule has 0 aromatic heterocycles. The normalized spacial score (nSPS) is 16.6. The quantitative estimate of drug-likeness (QED) is 0.812. The molecule has 2 rings (SSSR count). The van der Waals surface area contributed by atoms with Gasteiger partial charge in [0.2, 0.25) is 0 Å². The molecule has 0 bridgehead atoms. The summed E-state index contributed by atoms with van der Waals surface area (Å²) in [4.78, 5) is 34.9. The van der Waals surface area contributed by atoms with Crippen LogP contribution in [0.15, 0.2) is 23.1 Å². The molecule has 1 aromatic rings. The monoisotopic (exact) mass is 309 g/mol. The Labute approximate surface area is 123 Å². The average Bonchev–Trinajstić information content (AvgIpc) is 2.68. The number of phenolic OH excluding ortho intramolecular Hbond substituents is 1. The second-order valence-corrected chi connectivity index (χ2v) is 5.09. The SMILES string of the molecule is COc1cc(/C=C2/SC(=O)N(CC(=O)O)C2=O)ccc1O. The molecule has 0 radical (unpaired) electrons. The van der Waals surface area contributed by atoms with Crippen LogP contribution in [-0.2, 0) is 9.59 Å². The van der Waals surface area contributed by atoms with Gasteiger partial charge < -0.3 is 14.9 Å². The highest BCUT2D eigenvalue weighted by Gasteiger charge is 2.36. The van der Waals surface area contributed by atoms with Crippen molar-refractivity contribution in [2.75, 3.05) is 13.7 Å². The number of hydrogen-bond donors (Lipinski definition) is 2. The molecule has 0 atom stereocenters. The molecule has 2 N–H and O–H groups in total. The largest absolute Gasteiger partial charge is 0.504 e. The van der Waals surface area contributed by atoms with Crippen LogP contribution in [-0.4, -0.2) is 45.9 Å². The first-order valence-corrected chi connectivity index (χ1v) is 6.58. The van der Waals surface area contributed by atoms with E-state index >= 15 is 0 Å². The number of methoxy groups -OCH3 is 1. The Balaban J connectivity index is 2.28. The van der Waals surface area contributed by atoms with Crippen LogP contribution in [0.2, 0.25) is 0 Å². The zero-order valence-electron chi connectivity index (χ0n) is 10.9. The molecule has 0 aliphatic carbocycles. The first kappa shape index (κ1) is 14.9. The number of aromatic hydroxyl groups is 1. The number of amides is 2. The molecule has 7 nitrogen and oxygen atoms in total. The van der Waals surface area contributed by atoms with Gasteiger partial charge in [-0.25, -0.2) is 0 Å². The molecule has 1 aromatic carbocycles. The van der Waals surface area contributed by atoms with Crippen LogP contribution in [0.5, 0.6) is 11.5 Å². The zero-order valence-corrected chi connectivity index (χ0v) is 11.7. The molecule has 0 unspecified atom stereocenters. The highest BCUT2D eigenvalue weighted by atomic mass is 32.2. The van der Waals surface area contributed by atoms with E-state index in [9.17, 15) is 19.5 Å². The summed E-state index contributed by atoms with van der Waals surface area (Å²) < 4.78 is 4.95. The smallest absolute Gasteiger partial charge is 0.323 e. The van der Waals surface area contributed by atoms with Gasteiger partial charge in [0, 0.05) is 0 Å². The number of phenols is 1. The average molecular weight is 309 g/mol. The summed E-state index contributed by atoms with van der Waals surface area (Å²) in [7, 11) is 1.39. The van der Waals surface area contributed by atoms with E-state index in [0.29, 0.717) is 22.2 Å². The van der Waals surface area contributed by atoms with Gasteiger partial charge in [-0.1, -0.05) is 6.07 Å². The van der Waals surface area contributed by atoms with Gasteiger partial charge in [0.05, 0.1) is 12.0 Å². The van der Waals surface area contributed by atoms with Crippen LogP contribution >= 0.6 is 11.8 Å². The van der Waals surface area contributed by atoms with Crippen LogP contribution in [0.25, 0.3) is 6.08 Å². The van der Waals surface area contributed by atoms with E-state index in [4.69, 9.17) is 9.84 Å². The number of carbonyl (C=O) groups excluding carboxylic acids is 2. The van der Waals surface area contributed by atoms with Crippen molar-refractivity contribution in [3.05, 3.63) is 28.7 Å². The van der Waals surface area contributed by atoms with Gasteiger partial charge in [-0.05, 0) is 35.5 Å². The minimum Gasteiger partial charge on any atom is -0.504 e. The Hall–Kier alpha value is -2.48. The van der Waals surface area contributed by atoms with Crippen molar-refractivity contribution in [2.24, 2.45) is 0 Å². The summed E-state index contributed by atoms with van der Waals surface area (Å²) in [6.07, 6.45) is 1.44. The topological polar surface area (TPSA) is 104 Å². The molecule has 1 aliphatic rings. The number of carbonyl (C=O) groups is 3. The van der Waals surface area contributed by atoms with Crippen LogP contribution in [0.4, 0.5) is 4.79 Å². The molecular formula is C13H11NO6S. The summed E-state index contributed by atoms with van der Waals surface area (Å²) in [6.45, 7) is -0.666. The van der Waals surface area contributed by atoms with Gasteiger partial charge >= 0.3 is 5.97 Å². The Morgan fingerprint density at radius 3 is 2.76 bits per heavy atom.